The molecule has 1 N–H and O–H groups in total. The van der Waals surface area contributed by atoms with Gasteiger partial charge in [0, 0.05) is 20.0 Å². The maximum absolute atomic E-state index is 12.4. The number of benzene rings is 2. The van der Waals surface area contributed by atoms with Crippen molar-refractivity contribution in [1.29, 1.82) is 0 Å². The minimum Gasteiger partial charge on any atom is -0.325 e. The van der Waals surface area contributed by atoms with Crippen LogP contribution in [-0.2, 0) is 14.8 Å². The third-order valence-corrected chi connectivity index (χ3v) is 5.68. The highest BCUT2D eigenvalue weighted by Gasteiger charge is 2.20. The number of sulfonamides is 1. The Morgan fingerprint density at radius 3 is 2.38 bits per heavy atom. The van der Waals surface area contributed by atoms with Crippen LogP contribution in [0, 0.1) is 0 Å². The highest BCUT2D eigenvalue weighted by Crippen LogP contribution is 2.20. The minimum atomic E-state index is -3.52. The van der Waals surface area contributed by atoms with E-state index in [1.165, 1.54) is 11.4 Å². The fraction of sp³-hybridized carbons (Fsp3) is 0.235. The van der Waals surface area contributed by atoms with Crippen LogP contribution in [-0.4, -0.2) is 32.2 Å². The molecule has 0 heterocycles. The molecule has 0 aromatic heterocycles. The van der Waals surface area contributed by atoms with Crippen molar-refractivity contribution in [3.8, 4) is 0 Å². The lowest BCUT2D eigenvalue weighted by molar-refractivity contribution is -0.116. The van der Waals surface area contributed by atoms with Crippen LogP contribution in [0.15, 0.2) is 59.5 Å². The van der Waals surface area contributed by atoms with Crippen LogP contribution in [0.5, 0.6) is 0 Å². The van der Waals surface area contributed by atoms with Crippen LogP contribution in [0.4, 0.5) is 5.69 Å². The van der Waals surface area contributed by atoms with Crippen LogP contribution < -0.4 is 5.32 Å². The number of hydrogen-bond acceptors (Lipinski definition) is 3. The number of halogens is 1. The van der Waals surface area contributed by atoms with Crippen LogP contribution in [0.3, 0.4) is 0 Å². The third-order valence-electron chi connectivity index (χ3n) is 3.48. The molecule has 0 bridgehead atoms. The van der Waals surface area contributed by atoms with E-state index in [0.29, 0.717) is 17.1 Å². The lowest BCUT2D eigenvalue weighted by Gasteiger charge is -2.17. The fourth-order valence-electron chi connectivity index (χ4n) is 2.13. The molecular formula is C17H19ClN2O3S. The molecule has 0 aliphatic heterocycles. The molecule has 2 rings (SSSR count). The standard InChI is InChI=1S/C17H19ClN2O3S/c1-20(24(22,23)14-8-3-2-4-9-14)13-7-12-17(21)19-16-11-6-5-10-15(16)18/h2-6,8-11H,7,12-13H2,1H3,(H,19,21). The van der Waals surface area contributed by atoms with Crippen molar-refractivity contribution >= 4 is 33.2 Å². The fourth-order valence-corrected chi connectivity index (χ4v) is 3.54. The highest BCUT2D eigenvalue weighted by atomic mass is 35.5. The van der Waals surface area contributed by atoms with Crippen LogP contribution in [0.2, 0.25) is 5.02 Å². The molecule has 1 amide bonds. The summed E-state index contributed by atoms with van der Waals surface area (Å²) in [5.41, 5.74) is 0.550. The number of nitrogens with one attached hydrogen (secondary N) is 1. The first kappa shape index (κ1) is 18.4. The molecule has 0 aliphatic carbocycles. The van der Waals surface area contributed by atoms with Gasteiger partial charge in [-0.15, -0.1) is 0 Å². The van der Waals surface area contributed by atoms with Gasteiger partial charge in [-0.2, -0.15) is 0 Å². The molecule has 2 aromatic rings. The summed E-state index contributed by atoms with van der Waals surface area (Å²) in [5.74, 6) is -0.200. The zero-order valence-corrected chi connectivity index (χ0v) is 14.8. The SMILES string of the molecule is CN(CCCC(=O)Nc1ccccc1Cl)S(=O)(=O)c1ccccc1. The topological polar surface area (TPSA) is 66.5 Å². The van der Waals surface area contributed by atoms with Crippen molar-refractivity contribution in [3.63, 3.8) is 0 Å². The van der Waals surface area contributed by atoms with Gasteiger partial charge in [0.1, 0.15) is 0 Å². The minimum absolute atomic E-state index is 0.200. The lowest BCUT2D eigenvalue weighted by atomic mass is 10.2. The van der Waals surface area contributed by atoms with E-state index in [9.17, 15) is 13.2 Å². The average Bonchev–Trinajstić information content (AvgIpc) is 2.57. The van der Waals surface area contributed by atoms with Gasteiger partial charge in [-0.3, -0.25) is 4.79 Å². The number of anilines is 1. The van der Waals surface area contributed by atoms with E-state index in [1.54, 1.807) is 54.6 Å². The number of nitrogens with zero attached hydrogens (tertiary/aromatic N) is 1. The Morgan fingerprint density at radius 1 is 1.08 bits per heavy atom. The summed E-state index contributed by atoms with van der Waals surface area (Å²) in [6.07, 6.45) is 0.624. The molecular weight excluding hydrogens is 348 g/mol. The second kappa shape index (κ2) is 8.28. The molecule has 0 radical (unpaired) electrons. The molecule has 0 atom stereocenters. The summed E-state index contributed by atoms with van der Waals surface area (Å²) in [5, 5.41) is 3.18. The summed E-state index contributed by atoms with van der Waals surface area (Å²) in [7, 11) is -2.01. The lowest BCUT2D eigenvalue weighted by Crippen LogP contribution is -2.28. The molecule has 0 saturated carbocycles. The van der Waals surface area contributed by atoms with Gasteiger partial charge in [0.15, 0.2) is 0 Å². The first-order chi connectivity index (χ1) is 11.4. The molecule has 24 heavy (non-hydrogen) atoms. The van der Waals surface area contributed by atoms with Gasteiger partial charge in [0.25, 0.3) is 0 Å². The van der Waals surface area contributed by atoms with E-state index in [0.717, 1.165) is 0 Å². The number of carbonyl (C=O) groups is 1. The second-order valence-corrected chi connectivity index (χ2v) is 7.72. The number of para-hydroxylation sites is 1. The molecule has 0 unspecified atom stereocenters. The van der Waals surface area contributed by atoms with E-state index in [4.69, 9.17) is 11.6 Å². The quantitative estimate of drug-likeness (QED) is 0.816. The predicted octanol–water partition coefficient (Wildman–Crippen LogP) is 3.38. The Balaban J connectivity index is 1.85. The monoisotopic (exact) mass is 366 g/mol. The molecule has 5 nitrogen and oxygen atoms in total. The summed E-state index contributed by atoms with van der Waals surface area (Å²) in [6, 6.07) is 15.2. The number of amides is 1. The summed E-state index contributed by atoms with van der Waals surface area (Å²) in [6.45, 7) is 0.257. The molecule has 0 aliphatic rings. The Morgan fingerprint density at radius 2 is 1.71 bits per heavy atom. The molecule has 0 fully saturated rings. The van der Waals surface area contributed by atoms with Gasteiger partial charge >= 0.3 is 0 Å². The summed E-state index contributed by atoms with van der Waals surface area (Å²) in [4.78, 5) is 12.2. The zero-order valence-electron chi connectivity index (χ0n) is 13.3. The predicted molar refractivity (Wildman–Crippen MR) is 95.6 cm³/mol. The van der Waals surface area contributed by atoms with Crippen LogP contribution in [0.25, 0.3) is 0 Å². The van der Waals surface area contributed by atoms with E-state index in [2.05, 4.69) is 5.32 Å². The Kier molecular flexibility index (Phi) is 6.36. The van der Waals surface area contributed by atoms with Crippen molar-refractivity contribution in [2.45, 2.75) is 17.7 Å². The molecule has 128 valence electrons. The highest BCUT2D eigenvalue weighted by molar-refractivity contribution is 7.89. The zero-order chi connectivity index (χ0) is 17.6. The van der Waals surface area contributed by atoms with E-state index in [-0.39, 0.29) is 23.8 Å². The summed E-state index contributed by atoms with van der Waals surface area (Å²) >= 11 is 5.98. The smallest absolute Gasteiger partial charge is 0.242 e. The Hall–Kier alpha value is -1.89. The van der Waals surface area contributed by atoms with Crippen LogP contribution in [0.1, 0.15) is 12.8 Å². The largest absolute Gasteiger partial charge is 0.325 e. The maximum atomic E-state index is 12.4. The third kappa shape index (κ3) is 4.80. The first-order valence-electron chi connectivity index (χ1n) is 7.47. The van der Waals surface area contributed by atoms with Crippen molar-refractivity contribution in [2.24, 2.45) is 0 Å². The maximum Gasteiger partial charge on any atom is 0.242 e. The van der Waals surface area contributed by atoms with Gasteiger partial charge in [0.05, 0.1) is 15.6 Å². The first-order valence-corrected chi connectivity index (χ1v) is 9.29. The van der Waals surface area contributed by atoms with E-state index >= 15 is 0 Å². The second-order valence-electron chi connectivity index (χ2n) is 5.27. The van der Waals surface area contributed by atoms with Crippen molar-refractivity contribution in [2.75, 3.05) is 18.9 Å². The Labute approximate surface area is 147 Å². The van der Waals surface area contributed by atoms with Gasteiger partial charge in [0.2, 0.25) is 15.9 Å². The molecule has 0 saturated heterocycles. The normalized spacial score (nSPS) is 11.5. The summed E-state index contributed by atoms with van der Waals surface area (Å²) < 4.78 is 26.0. The van der Waals surface area contributed by atoms with Crippen molar-refractivity contribution in [3.05, 3.63) is 59.6 Å². The van der Waals surface area contributed by atoms with Gasteiger partial charge < -0.3 is 5.32 Å². The van der Waals surface area contributed by atoms with Crippen molar-refractivity contribution in [1.82, 2.24) is 4.31 Å². The number of carbonyl (C=O) groups excluding carboxylic acids is 1. The van der Waals surface area contributed by atoms with Crippen molar-refractivity contribution < 1.29 is 13.2 Å². The number of hydrogen-bond donors (Lipinski definition) is 1. The van der Waals surface area contributed by atoms with E-state index < -0.39 is 10.0 Å². The van der Waals surface area contributed by atoms with Gasteiger partial charge in [-0.05, 0) is 30.7 Å². The average molecular weight is 367 g/mol. The molecule has 0 spiro atoms. The van der Waals surface area contributed by atoms with Gasteiger partial charge in [-0.1, -0.05) is 41.9 Å². The van der Waals surface area contributed by atoms with Crippen LogP contribution >= 0.6 is 11.6 Å². The van der Waals surface area contributed by atoms with E-state index in [1.807, 2.05) is 0 Å². The Bertz CT molecular complexity index is 794. The number of rotatable bonds is 7. The molecule has 7 heteroatoms. The molecule has 2 aromatic carbocycles. The van der Waals surface area contributed by atoms with Gasteiger partial charge in [-0.25, -0.2) is 12.7 Å².